The Bertz CT molecular complexity index is 1220. The van der Waals surface area contributed by atoms with Crippen LogP contribution in [0.15, 0.2) is 60.8 Å². The minimum atomic E-state index is -1.57. The van der Waals surface area contributed by atoms with Crippen molar-refractivity contribution in [3.8, 4) is 0 Å². The van der Waals surface area contributed by atoms with E-state index >= 15 is 0 Å². The second-order valence-corrected chi connectivity index (χ2v) is 19.0. The van der Waals surface area contributed by atoms with Gasteiger partial charge in [-0.05, 0) is 70.6 Å². The van der Waals surface area contributed by atoms with Crippen LogP contribution in [0.4, 0.5) is 0 Å². The van der Waals surface area contributed by atoms with Crippen molar-refractivity contribution in [2.45, 2.75) is 281 Å². The molecule has 7 unspecified atom stereocenters. The molecule has 0 aromatic carbocycles. The van der Waals surface area contributed by atoms with Crippen LogP contribution in [0.2, 0.25) is 0 Å². The van der Waals surface area contributed by atoms with Gasteiger partial charge in [-0.3, -0.25) is 4.79 Å². The number of amides is 1. The maximum absolute atomic E-state index is 13.0. The highest BCUT2D eigenvalue weighted by Gasteiger charge is 2.44. The summed E-state index contributed by atoms with van der Waals surface area (Å²) in [5.74, 6) is -0.188. The number of hydrogen-bond acceptors (Lipinski definition) is 8. The number of carbonyl (C=O) groups excluding carboxylic acids is 1. The van der Waals surface area contributed by atoms with Gasteiger partial charge < -0.3 is 40.3 Å². The Balaban J connectivity index is 2.20. The average molecular weight is 930 g/mol. The zero-order valence-electron chi connectivity index (χ0n) is 42.4. The first kappa shape index (κ1) is 61.9. The summed E-state index contributed by atoms with van der Waals surface area (Å²) in [6.07, 6.45) is 55.7. The smallest absolute Gasteiger partial charge is 0.220 e. The Morgan fingerprint density at radius 3 is 1.38 bits per heavy atom. The molecule has 0 aliphatic carbocycles. The molecule has 1 aliphatic rings. The summed E-state index contributed by atoms with van der Waals surface area (Å²) >= 11 is 0. The first-order chi connectivity index (χ1) is 32.3. The molecule has 0 aromatic rings. The largest absolute Gasteiger partial charge is 0.394 e. The van der Waals surface area contributed by atoms with E-state index in [9.17, 15) is 30.3 Å². The van der Waals surface area contributed by atoms with Crippen molar-refractivity contribution in [2.75, 3.05) is 13.2 Å². The standard InChI is InChI=1S/C57H103NO8/c1-3-5-7-9-11-13-15-17-19-20-21-22-23-24-25-26-27-28-29-30-31-32-33-35-37-39-41-43-45-47-53(61)58-50(49-65-57-56(64)55(63)54(62)52(48-59)66-57)51(60)46-44-42-40-38-36-34-18-16-14-12-10-8-6-4-2/h15,17,20-21,23-24,36,38,44,46,50-52,54-57,59-60,62-64H,3-14,16,18-19,22,25-35,37,39-43,45,47-49H2,1-2H3,(H,58,61)/b17-15-,21-20-,24-23-,38-36+,46-44+. The van der Waals surface area contributed by atoms with Crippen molar-refractivity contribution in [2.24, 2.45) is 0 Å². The van der Waals surface area contributed by atoms with Gasteiger partial charge in [-0.2, -0.15) is 0 Å². The quantitative estimate of drug-likeness (QED) is 0.0261. The molecule has 66 heavy (non-hydrogen) atoms. The summed E-state index contributed by atoms with van der Waals surface area (Å²) in [5, 5.41) is 54.3. The maximum Gasteiger partial charge on any atom is 0.220 e. The molecular weight excluding hydrogens is 827 g/mol. The highest BCUT2D eigenvalue weighted by molar-refractivity contribution is 5.76. The third-order valence-corrected chi connectivity index (χ3v) is 12.8. The molecule has 1 aliphatic heterocycles. The molecule has 1 fully saturated rings. The van der Waals surface area contributed by atoms with Crippen molar-refractivity contribution < 1.29 is 39.8 Å². The molecule has 0 saturated carbocycles. The molecular formula is C57H103NO8. The third-order valence-electron chi connectivity index (χ3n) is 12.8. The molecule has 1 saturated heterocycles. The SMILES string of the molecule is CCCCCCC/C=C\C/C=C\C/C=C\CCCCCCCCCCCCCCCCC(=O)NC(COC1OC(CO)C(O)C(O)C1O)C(O)/C=C/CC/C=C/CCCCCCCCCC. The molecule has 9 heteroatoms. The second kappa shape index (κ2) is 46.6. The minimum absolute atomic E-state index is 0.188. The van der Waals surface area contributed by atoms with Gasteiger partial charge in [0.15, 0.2) is 6.29 Å². The number of nitrogens with one attached hydrogen (secondary N) is 1. The zero-order chi connectivity index (χ0) is 48.0. The van der Waals surface area contributed by atoms with Gasteiger partial charge in [-0.1, -0.05) is 222 Å². The Morgan fingerprint density at radius 1 is 0.515 bits per heavy atom. The van der Waals surface area contributed by atoms with Gasteiger partial charge in [0.1, 0.15) is 24.4 Å². The molecule has 7 atom stereocenters. The van der Waals surface area contributed by atoms with Crippen LogP contribution < -0.4 is 5.32 Å². The van der Waals surface area contributed by atoms with Crippen LogP contribution in [0.25, 0.3) is 0 Å². The van der Waals surface area contributed by atoms with Crippen molar-refractivity contribution in [1.82, 2.24) is 5.32 Å². The lowest BCUT2D eigenvalue weighted by atomic mass is 9.99. The number of ether oxygens (including phenoxy) is 2. The minimum Gasteiger partial charge on any atom is -0.394 e. The van der Waals surface area contributed by atoms with Gasteiger partial charge in [0.2, 0.25) is 5.91 Å². The summed E-state index contributed by atoms with van der Waals surface area (Å²) in [4.78, 5) is 13.0. The van der Waals surface area contributed by atoms with Crippen LogP contribution in [0, 0.1) is 0 Å². The topological polar surface area (TPSA) is 149 Å². The van der Waals surface area contributed by atoms with E-state index in [2.05, 4.69) is 67.8 Å². The predicted molar refractivity (Wildman–Crippen MR) is 276 cm³/mol. The van der Waals surface area contributed by atoms with Crippen molar-refractivity contribution in [3.63, 3.8) is 0 Å². The van der Waals surface area contributed by atoms with Gasteiger partial charge in [0.05, 0.1) is 25.4 Å². The van der Waals surface area contributed by atoms with Gasteiger partial charge >= 0.3 is 0 Å². The molecule has 0 radical (unpaired) electrons. The Hall–Kier alpha value is -2.11. The van der Waals surface area contributed by atoms with Crippen LogP contribution in [0.3, 0.4) is 0 Å². The fraction of sp³-hybridized carbons (Fsp3) is 0.807. The molecule has 384 valence electrons. The van der Waals surface area contributed by atoms with Crippen LogP contribution in [-0.4, -0.2) is 87.5 Å². The molecule has 6 N–H and O–H groups in total. The summed E-state index contributed by atoms with van der Waals surface area (Å²) in [7, 11) is 0. The Kier molecular flexibility index (Phi) is 43.7. The highest BCUT2D eigenvalue weighted by atomic mass is 16.7. The number of allylic oxidation sites excluding steroid dienone is 9. The van der Waals surface area contributed by atoms with Gasteiger partial charge in [0.25, 0.3) is 0 Å². The van der Waals surface area contributed by atoms with E-state index in [1.54, 1.807) is 6.08 Å². The van der Waals surface area contributed by atoms with Gasteiger partial charge in [-0.25, -0.2) is 0 Å². The lowest BCUT2D eigenvalue weighted by molar-refractivity contribution is -0.302. The van der Waals surface area contributed by atoms with Crippen LogP contribution in [0.5, 0.6) is 0 Å². The molecule has 1 rings (SSSR count). The van der Waals surface area contributed by atoms with E-state index in [0.29, 0.717) is 6.42 Å². The number of carbonyl (C=O) groups is 1. The van der Waals surface area contributed by atoms with Gasteiger partial charge in [-0.15, -0.1) is 0 Å². The Morgan fingerprint density at radius 2 is 0.909 bits per heavy atom. The highest BCUT2D eigenvalue weighted by Crippen LogP contribution is 2.23. The zero-order valence-corrected chi connectivity index (χ0v) is 42.4. The second-order valence-electron chi connectivity index (χ2n) is 19.0. The number of rotatable bonds is 46. The van der Waals surface area contributed by atoms with E-state index in [1.807, 2.05) is 6.08 Å². The molecule has 0 aromatic heterocycles. The normalized spacial score (nSPS) is 20.3. The summed E-state index contributed by atoms with van der Waals surface area (Å²) < 4.78 is 11.2. The van der Waals surface area contributed by atoms with E-state index in [4.69, 9.17) is 9.47 Å². The molecule has 0 spiro atoms. The molecule has 0 bridgehead atoms. The number of unbranched alkanes of at least 4 members (excludes halogenated alkanes) is 28. The van der Waals surface area contributed by atoms with Gasteiger partial charge in [0, 0.05) is 6.42 Å². The number of aliphatic hydroxyl groups is 5. The predicted octanol–water partition coefficient (Wildman–Crippen LogP) is 13.1. The number of aliphatic hydroxyl groups excluding tert-OH is 5. The Labute approximate surface area is 405 Å². The van der Waals surface area contributed by atoms with Crippen molar-refractivity contribution in [1.29, 1.82) is 0 Å². The first-order valence-corrected chi connectivity index (χ1v) is 27.5. The fourth-order valence-corrected chi connectivity index (χ4v) is 8.41. The van der Waals surface area contributed by atoms with Crippen LogP contribution in [-0.2, 0) is 14.3 Å². The fourth-order valence-electron chi connectivity index (χ4n) is 8.41. The van der Waals surface area contributed by atoms with E-state index in [1.165, 1.54) is 167 Å². The number of hydrogen-bond donors (Lipinski definition) is 6. The maximum atomic E-state index is 13.0. The monoisotopic (exact) mass is 930 g/mol. The van der Waals surface area contributed by atoms with E-state index < -0.39 is 49.5 Å². The van der Waals surface area contributed by atoms with Crippen LogP contribution in [0.1, 0.15) is 239 Å². The van der Waals surface area contributed by atoms with Crippen molar-refractivity contribution in [3.05, 3.63) is 60.8 Å². The molecule has 1 heterocycles. The van der Waals surface area contributed by atoms with Crippen molar-refractivity contribution >= 4 is 5.91 Å². The summed E-state index contributed by atoms with van der Waals surface area (Å²) in [5.41, 5.74) is 0. The summed E-state index contributed by atoms with van der Waals surface area (Å²) in [6.45, 7) is 3.74. The average Bonchev–Trinajstić information content (AvgIpc) is 3.32. The van der Waals surface area contributed by atoms with E-state index in [0.717, 1.165) is 51.4 Å². The lowest BCUT2D eigenvalue weighted by Crippen LogP contribution is -2.60. The lowest BCUT2D eigenvalue weighted by Gasteiger charge is -2.40. The summed E-state index contributed by atoms with van der Waals surface area (Å²) in [6, 6.07) is -0.823. The van der Waals surface area contributed by atoms with Crippen LogP contribution >= 0.6 is 0 Å². The first-order valence-electron chi connectivity index (χ1n) is 27.5. The molecule has 1 amide bonds. The third kappa shape index (κ3) is 36.0. The van der Waals surface area contributed by atoms with E-state index in [-0.39, 0.29) is 12.5 Å². The molecule has 9 nitrogen and oxygen atoms in total.